The molecule has 0 aromatic carbocycles. The first-order chi connectivity index (χ1) is 5.95. The molecule has 0 fully saturated rings. The van der Waals surface area contributed by atoms with Crippen LogP contribution in [0.1, 0.15) is 20.3 Å². The topological polar surface area (TPSA) is 92.4 Å². The molecule has 76 valence electrons. The van der Waals surface area contributed by atoms with Gasteiger partial charge in [0, 0.05) is 6.54 Å². The molecule has 13 heavy (non-hydrogen) atoms. The Balaban J connectivity index is 3.69. The highest BCUT2D eigenvalue weighted by Crippen LogP contribution is 1.96. The molecule has 1 amide bonds. The summed E-state index contributed by atoms with van der Waals surface area (Å²) in [7, 11) is 0. The highest BCUT2D eigenvalue weighted by Gasteiger charge is 2.20. The Morgan fingerprint density at radius 2 is 2.00 bits per heavy atom. The van der Waals surface area contributed by atoms with Gasteiger partial charge in [-0.3, -0.25) is 4.79 Å². The van der Waals surface area contributed by atoms with Crippen LogP contribution in [0.2, 0.25) is 0 Å². The van der Waals surface area contributed by atoms with Crippen molar-refractivity contribution in [1.29, 1.82) is 0 Å². The fourth-order valence-corrected chi connectivity index (χ4v) is 0.706. The average molecular weight is 188 g/mol. The van der Waals surface area contributed by atoms with Crippen LogP contribution in [-0.4, -0.2) is 29.6 Å². The van der Waals surface area contributed by atoms with Gasteiger partial charge < -0.3 is 16.2 Å². The SMILES string of the molecule is CC(C)CCNC(=O)C(N)C(=O)O. The van der Waals surface area contributed by atoms with E-state index in [1.165, 1.54) is 0 Å². The van der Waals surface area contributed by atoms with Crippen LogP contribution < -0.4 is 11.1 Å². The van der Waals surface area contributed by atoms with Crippen LogP contribution in [0.5, 0.6) is 0 Å². The van der Waals surface area contributed by atoms with Crippen molar-refractivity contribution in [3.05, 3.63) is 0 Å². The molecule has 5 heteroatoms. The predicted molar refractivity (Wildman–Crippen MR) is 48.1 cm³/mol. The molecule has 0 saturated heterocycles. The fourth-order valence-electron chi connectivity index (χ4n) is 0.706. The van der Waals surface area contributed by atoms with Gasteiger partial charge in [-0.2, -0.15) is 0 Å². The molecule has 0 radical (unpaired) electrons. The van der Waals surface area contributed by atoms with E-state index >= 15 is 0 Å². The number of hydrogen-bond donors (Lipinski definition) is 3. The molecule has 0 saturated carbocycles. The van der Waals surface area contributed by atoms with E-state index in [2.05, 4.69) is 5.32 Å². The number of nitrogens with two attached hydrogens (primary N) is 1. The lowest BCUT2D eigenvalue weighted by Gasteiger charge is -2.09. The Morgan fingerprint density at radius 3 is 2.38 bits per heavy atom. The normalized spacial score (nSPS) is 12.6. The molecule has 1 atom stereocenters. The Kier molecular flexibility index (Phi) is 5.06. The lowest BCUT2D eigenvalue weighted by atomic mass is 10.1. The zero-order valence-corrected chi connectivity index (χ0v) is 7.91. The zero-order valence-electron chi connectivity index (χ0n) is 7.91. The smallest absolute Gasteiger partial charge is 0.330 e. The maximum atomic E-state index is 10.9. The summed E-state index contributed by atoms with van der Waals surface area (Å²) in [6, 6.07) is -1.45. The minimum absolute atomic E-state index is 0.470. The minimum Gasteiger partial charge on any atom is -0.480 e. The highest BCUT2D eigenvalue weighted by atomic mass is 16.4. The average Bonchev–Trinajstić information content (AvgIpc) is 2.02. The summed E-state index contributed by atoms with van der Waals surface area (Å²) in [5.41, 5.74) is 5.07. The number of carboxylic acids is 1. The summed E-state index contributed by atoms with van der Waals surface area (Å²) in [4.78, 5) is 21.2. The van der Waals surface area contributed by atoms with Crippen molar-refractivity contribution < 1.29 is 14.7 Å². The van der Waals surface area contributed by atoms with E-state index in [9.17, 15) is 9.59 Å². The molecule has 0 aromatic rings. The van der Waals surface area contributed by atoms with Gasteiger partial charge in [0.2, 0.25) is 5.91 Å². The molecular weight excluding hydrogens is 172 g/mol. The van der Waals surface area contributed by atoms with Gasteiger partial charge in [-0.25, -0.2) is 4.79 Å². The van der Waals surface area contributed by atoms with E-state index in [-0.39, 0.29) is 0 Å². The molecule has 0 bridgehead atoms. The van der Waals surface area contributed by atoms with E-state index in [4.69, 9.17) is 10.8 Å². The van der Waals surface area contributed by atoms with Crippen molar-refractivity contribution in [3.8, 4) is 0 Å². The maximum absolute atomic E-state index is 10.9. The van der Waals surface area contributed by atoms with E-state index in [1.807, 2.05) is 13.8 Å². The van der Waals surface area contributed by atoms with Gasteiger partial charge in [-0.1, -0.05) is 13.8 Å². The number of carbonyl (C=O) groups excluding carboxylic acids is 1. The summed E-state index contributed by atoms with van der Waals surface area (Å²) in [6.07, 6.45) is 0.818. The van der Waals surface area contributed by atoms with Crippen molar-refractivity contribution in [2.24, 2.45) is 11.7 Å². The van der Waals surface area contributed by atoms with E-state index in [1.54, 1.807) is 0 Å². The van der Waals surface area contributed by atoms with Crippen LogP contribution in [0.15, 0.2) is 0 Å². The third kappa shape index (κ3) is 5.19. The van der Waals surface area contributed by atoms with Gasteiger partial charge >= 0.3 is 5.97 Å². The molecule has 5 nitrogen and oxygen atoms in total. The van der Waals surface area contributed by atoms with Gasteiger partial charge in [0.15, 0.2) is 6.04 Å². The molecule has 0 rings (SSSR count). The number of carbonyl (C=O) groups is 2. The van der Waals surface area contributed by atoms with Crippen LogP contribution in [0.4, 0.5) is 0 Å². The molecule has 1 unspecified atom stereocenters. The van der Waals surface area contributed by atoms with E-state index in [0.29, 0.717) is 12.5 Å². The highest BCUT2D eigenvalue weighted by molar-refractivity contribution is 6.00. The third-order valence-corrected chi connectivity index (χ3v) is 1.57. The molecule has 0 aliphatic heterocycles. The molecular formula is C8H16N2O3. The Hall–Kier alpha value is -1.10. The number of amides is 1. The number of hydrogen-bond acceptors (Lipinski definition) is 3. The second-order valence-electron chi connectivity index (χ2n) is 3.29. The standard InChI is InChI=1S/C8H16N2O3/c1-5(2)3-4-10-7(11)6(9)8(12)13/h5-6H,3-4,9H2,1-2H3,(H,10,11)(H,12,13). The van der Waals surface area contributed by atoms with Gasteiger partial charge in [-0.15, -0.1) is 0 Å². The molecule has 4 N–H and O–H groups in total. The largest absolute Gasteiger partial charge is 0.480 e. The first-order valence-electron chi connectivity index (χ1n) is 4.21. The molecule has 0 heterocycles. The second kappa shape index (κ2) is 5.53. The van der Waals surface area contributed by atoms with Crippen molar-refractivity contribution in [1.82, 2.24) is 5.32 Å². The first kappa shape index (κ1) is 11.9. The van der Waals surface area contributed by atoms with Crippen molar-refractivity contribution in [2.75, 3.05) is 6.54 Å². The van der Waals surface area contributed by atoms with Crippen molar-refractivity contribution >= 4 is 11.9 Å². The monoisotopic (exact) mass is 188 g/mol. The summed E-state index contributed by atoms with van der Waals surface area (Å²) in [5.74, 6) is -1.46. The Morgan fingerprint density at radius 1 is 1.46 bits per heavy atom. The first-order valence-corrected chi connectivity index (χ1v) is 4.21. The van der Waals surface area contributed by atoms with Crippen LogP contribution in [0.3, 0.4) is 0 Å². The lowest BCUT2D eigenvalue weighted by Crippen LogP contribution is -2.46. The van der Waals surface area contributed by atoms with Crippen LogP contribution >= 0.6 is 0 Å². The number of rotatable bonds is 5. The number of nitrogens with one attached hydrogen (secondary N) is 1. The van der Waals surface area contributed by atoms with E-state index < -0.39 is 17.9 Å². The Labute approximate surface area is 77.3 Å². The molecule has 0 spiro atoms. The molecule has 0 aromatic heterocycles. The van der Waals surface area contributed by atoms with Gasteiger partial charge in [0.05, 0.1) is 0 Å². The fraction of sp³-hybridized carbons (Fsp3) is 0.750. The molecule has 0 aliphatic rings. The van der Waals surface area contributed by atoms with Crippen LogP contribution in [-0.2, 0) is 9.59 Å². The van der Waals surface area contributed by atoms with Crippen molar-refractivity contribution in [2.45, 2.75) is 26.3 Å². The van der Waals surface area contributed by atoms with Gasteiger partial charge in [0.25, 0.3) is 0 Å². The number of aliphatic carboxylic acids is 1. The molecule has 0 aliphatic carbocycles. The third-order valence-electron chi connectivity index (χ3n) is 1.57. The van der Waals surface area contributed by atoms with Gasteiger partial charge in [-0.05, 0) is 12.3 Å². The summed E-state index contributed by atoms with van der Waals surface area (Å²) in [6.45, 7) is 4.50. The van der Waals surface area contributed by atoms with Crippen LogP contribution in [0.25, 0.3) is 0 Å². The number of carboxylic acid groups (broad SMARTS) is 1. The second-order valence-corrected chi connectivity index (χ2v) is 3.29. The van der Waals surface area contributed by atoms with E-state index in [0.717, 1.165) is 6.42 Å². The van der Waals surface area contributed by atoms with Gasteiger partial charge in [0.1, 0.15) is 0 Å². The zero-order chi connectivity index (χ0) is 10.4. The summed E-state index contributed by atoms with van der Waals surface area (Å²) >= 11 is 0. The van der Waals surface area contributed by atoms with Crippen molar-refractivity contribution in [3.63, 3.8) is 0 Å². The van der Waals surface area contributed by atoms with Crippen LogP contribution in [0, 0.1) is 5.92 Å². The maximum Gasteiger partial charge on any atom is 0.330 e. The lowest BCUT2D eigenvalue weighted by molar-refractivity contribution is -0.142. The summed E-state index contributed by atoms with van der Waals surface area (Å²) in [5, 5.41) is 10.8. The minimum atomic E-state index is -1.45. The predicted octanol–water partition coefficient (Wildman–Crippen LogP) is -0.439. The quantitative estimate of drug-likeness (QED) is 0.510. The summed E-state index contributed by atoms with van der Waals surface area (Å²) < 4.78 is 0. The Bertz CT molecular complexity index is 192.